The smallest absolute Gasteiger partial charge is 0.303 e. The molecule has 1 aromatic carbocycles. The monoisotopic (exact) mass is 273 g/mol. The van der Waals surface area contributed by atoms with Crippen molar-refractivity contribution in [2.45, 2.75) is 39.0 Å². The van der Waals surface area contributed by atoms with Crippen LogP contribution in [-0.4, -0.2) is 26.1 Å². The van der Waals surface area contributed by atoms with Crippen LogP contribution in [0.2, 0.25) is 0 Å². The molecule has 0 spiro atoms. The molecular weight excluding hydrogens is 254 g/mol. The van der Waals surface area contributed by atoms with Crippen molar-refractivity contribution < 1.29 is 9.90 Å². The fourth-order valence-corrected chi connectivity index (χ4v) is 2.15. The van der Waals surface area contributed by atoms with Crippen molar-refractivity contribution in [3.05, 3.63) is 41.7 Å². The number of aromatic nitrogens is 3. The minimum atomic E-state index is -0.745. The molecule has 1 N–H and O–H groups in total. The molecule has 0 amide bonds. The summed E-state index contributed by atoms with van der Waals surface area (Å²) in [6, 6.07) is 8.13. The van der Waals surface area contributed by atoms with E-state index in [2.05, 4.69) is 23.3 Å². The van der Waals surface area contributed by atoms with Crippen LogP contribution in [0.1, 0.15) is 37.4 Å². The van der Waals surface area contributed by atoms with Crippen molar-refractivity contribution in [2.75, 3.05) is 0 Å². The Morgan fingerprint density at radius 3 is 2.85 bits per heavy atom. The van der Waals surface area contributed by atoms with Gasteiger partial charge in [0.2, 0.25) is 0 Å². The second kappa shape index (κ2) is 6.84. The number of nitrogens with zero attached hydrogens (tertiary/aromatic N) is 3. The van der Waals surface area contributed by atoms with Gasteiger partial charge in [0.15, 0.2) is 0 Å². The summed E-state index contributed by atoms with van der Waals surface area (Å²) in [6.45, 7) is 2.11. The van der Waals surface area contributed by atoms with Gasteiger partial charge in [-0.05, 0) is 37.3 Å². The maximum absolute atomic E-state index is 10.4. The predicted octanol–water partition coefficient (Wildman–Crippen LogP) is 2.63. The number of aliphatic carboxylic acids is 1. The van der Waals surface area contributed by atoms with Crippen molar-refractivity contribution in [1.82, 2.24) is 15.0 Å². The maximum Gasteiger partial charge on any atom is 0.303 e. The Kier molecular flexibility index (Phi) is 4.87. The van der Waals surface area contributed by atoms with Crippen molar-refractivity contribution in [1.29, 1.82) is 0 Å². The molecule has 0 radical (unpaired) electrons. The second-order valence-electron chi connectivity index (χ2n) is 4.74. The van der Waals surface area contributed by atoms with Crippen LogP contribution in [0.25, 0.3) is 5.69 Å². The standard InChI is InChI=1S/C15H19N3O2/c1-2-12-7-3-5-9-14(12)18-11-13(16-17-18)8-4-6-10-15(19)20/h3,5,7,9,11H,2,4,6,8,10H2,1H3,(H,19,20). The van der Waals surface area contributed by atoms with Crippen LogP contribution in [0.4, 0.5) is 0 Å². The van der Waals surface area contributed by atoms with Crippen LogP contribution >= 0.6 is 0 Å². The number of aryl methyl sites for hydroxylation is 2. The van der Waals surface area contributed by atoms with Gasteiger partial charge in [-0.3, -0.25) is 4.79 Å². The van der Waals surface area contributed by atoms with Gasteiger partial charge in [-0.1, -0.05) is 30.3 Å². The van der Waals surface area contributed by atoms with Gasteiger partial charge in [0.25, 0.3) is 0 Å². The Bertz CT molecular complexity index is 578. The molecular formula is C15H19N3O2. The highest BCUT2D eigenvalue weighted by atomic mass is 16.4. The number of hydrogen-bond acceptors (Lipinski definition) is 3. The number of carboxylic acid groups (broad SMARTS) is 1. The molecule has 0 aliphatic heterocycles. The van der Waals surface area contributed by atoms with Gasteiger partial charge in [0.05, 0.1) is 17.6 Å². The number of benzene rings is 1. The summed E-state index contributed by atoms with van der Waals surface area (Å²) in [5, 5.41) is 16.9. The summed E-state index contributed by atoms with van der Waals surface area (Å²) in [5.74, 6) is -0.745. The third-order valence-electron chi connectivity index (χ3n) is 3.23. The summed E-state index contributed by atoms with van der Waals surface area (Å²) in [4.78, 5) is 10.4. The fourth-order valence-electron chi connectivity index (χ4n) is 2.15. The van der Waals surface area contributed by atoms with Crippen molar-refractivity contribution in [2.24, 2.45) is 0 Å². The molecule has 5 heteroatoms. The fraction of sp³-hybridized carbons (Fsp3) is 0.400. The number of hydrogen-bond donors (Lipinski definition) is 1. The van der Waals surface area contributed by atoms with Crippen LogP contribution in [0.15, 0.2) is 30.5 Å². The molecule has 2 aromatic rings. The van der Waals surface area contributed by atoms with Gasteiger partial charge in [0.1, 0.15) is 0 Å². The van der Waals surface area contributed by atoms with E-state index in [1.165, 1.54) is 5.56 Å². The summed E-state index contributed by atoms with van der Waals surface area (Å²) in [6.07, 6.45) is 5.35. The molecule has 0 bridgehead atoms. The molecule has 0 fully saturated rings. The molecule has 1 heterocycles. The van der Waals surface area contributed by atoms with E-state index in [4.69, 9.17) is 5.11 Å². The van der Waals surface area contributed by atoms with Gasteiger partial charge in [-0.15, -0.1) is 5.10 Å². The second-order valence-corrected chi connectivity index (χ2v) is 4.74. The van der Waals surface area contributed by atoms with E-state index in [9.17, 15) is 4.79 Å². The average molecular weight is 273 g/mol. The van der Waals surface area contributed by atoms with Crippen molar-refractivity contribution in [3.63, 3.8) is 0 Å². The normalized spacial score (nSPS) is 10.7. The van der Waals surface area contributed by atoms with Gasteiger partial charge in [-0.2, -0.15) is 0 Å². The zero-order valence-corrected chi connectivity index (χ0v) is 11.6. The Morgan fingerprint density at radius 1 is 1.30 bits per heavy atom. The van der Waals surface area contributed by atoms with Gasteiger partial charge >= 0.3 is 5.97 Å². The average Bonchev–Trinajstić information content (AvgIpc) is 2.92. The minimum absolute atomic E-state index is 0.215. The lowest BCUT2D eigenvalue weighted by Gasteiger charge is -2.05. The summed E-state index contributed by atoms with van der Waals surface area (Å²) in [7, 11) is 0. The highest BCUT2D eigenvalue weighted by molar-refractivity contribution is 5.66. The Hall–Kier alpha value is -2.17. The highest BCUT2D eigenvalue weighted by Gasteiger charge is 2.06. The number of rotatable bonds is 7. The Morgan fingerprint density at radius 2 is 2.10 bits per heavy atom. The van der Waals surface area contributed by atoms with E-state index >= 15 is 0 Å². The van der Waals surface area contributed by atoms with Gasteiger partial charge < -0.3 is 5.11 Å². The van der Waals surface area contributed by atoms with E-state index in [0.29, 0.717) is 6.42 Å². The third-order valence-corrected chi connectivity index (χ3v) is 3.23. The van der Waals surface area contributed by atoms with E-state index in [-0.39, 0.29) is 6.42 Å². The molecule has 106 valence electrons. The summed E-state index contributed by atoms with van der Waals surface area (Å²) in [5.41, 5.74) is 3.19. The number of para-hydroxylation sites is 1. The molecule has 20 heavy (non-hydrogen) atoms. The molecule has 2 rings (SSSR count). The lowest BCUT2D eigenvalue weighted by Crippen LogP contribution is -1.99. The highest BCUT2D eigenvalue weighted by Crippen LogP contribution is 2.14. The zero-order chi connectivity index (χ0) is 14.4. The lowest BCUT2D eigenvalue weighted by molar-refractivity contribution is -0.137. The van der Waals surface area contributed by atoms with E-state index in [1.807, 2.05) is 24.4 Å². The first-order valence-corrected chi connectivity index (χ1v) is 6.92. The molecule has 5 nitrogen and oxygen atoms in total. The first-order chi connectivity index (χ1) is 9.70. The van der Waals surface area contributed by atoms with Crippen molar-refractivity contribution in [3.8, 4) is 5.69 Å². The number of carbonyl (C=O) groups is 1. The third kappa shape index (κ3) is 3.66. The van der Waals surface area contributed by atoms with Crippen LogP contribution in [0.5, 0.6) is 0 Å². The number of carboxylic acids is 1. The summed E-state index contributed by atoms with van der Waals surface area (Å²) >= 11 is 0. The first kappa shape index (κ1) is 14.2. The lowest BCUT2D eigenvalue weighted by atomic mass is 10.1. The topological polar surface area (TPSA) is 68.0 Å². The maximum atomic E-state index is 10.4. The summed E-state index contributed by atoms with van der Waals surface area (Å²) < 4.78 is 1.80. The van der Waals surface area contributed by atoms with E-state index in [0.717, 1.165) is 30.6 Å². The largest absolute Gasteiger partial charge is 0.481 e. The Balaban J connectivity index is 2.00. The quantitative estimate of drug-likeness (QED) is 0.787. The van der Waals surface area contributed by atoms with Gasteiger partial charge in [-0.25, -0.2) is 4.68 Å². The van der Waals surface area contributed by atoms with Crippen LogP contribution in [0.3, 0.4) is 0 Å². The molecule has 0 unspecified atom stereocenters. The molecule has 0 saturated carbocycles. The van der Waals surface area contributed by atoms with Crippen LogP contribution < -0.4 is 0 Å². The van der Waals surface area contributed by atoms with Crippen molar-refractivity contribution >= 4 is 5.97 Å². The first-order valence-electron chi connectivity index (χ1n) is 6.92. The minimum Gasteiger partial charge on any atom is -0.481 e. The molecule has 0 saturated heterocycles. The SMILES string of the molecule is CCc1ccccc1-n1cc(CCCCC(=O)O)nn1. The van der Waals surface area contributed by atoms with Gasteiger partial charge in [0, 0.05) is 6.42 Å². The van der Waals surface area contributed by atoms with Crippen LogP contribution in [-0.2, 0) is 17.6 Å². The predicted molar refractivity (Wildman–Crippen MR) is 75.9 cm³/mol. The molecule has 0 atom stereocenters. The van der Waals surface area contributed by atoms with Crippen LogP contribution in [0, 0.1) is 0 Å². The van der Waals surface area contributed by atoms with E-state index < -0.39 is 5.97 Å². The molecule has 0 aliphatic carbocycles. The van der Waals surface area contributed by atoms with E-state index in [1.54, 1.807) is 4.68 Å². The number of unbranched alkanes of at least 4 members (excludes halogenated alkanes) is 1. The molecule has 0 aliphatic rings. The molecule has 1 aromatic heterocycles. The Labute approximate surface area is 118 Å². The zero-order valence-electron chi connectivity index (χ0n) is 11.6.